The fraction of sp³-hybridized carbons (Fsp3) is 0.286. The van der Waals surface area contributed by atoms with Gasteiger partial charge in [0.2, 0.25) is 5.91 Å². The molecular formula is C21H24N2O4. The SMILES string of the molecule is CC(=O)[C@H](C)NC(=O)[C@H](Cc1ccccc1)NC(=O)OCc1ccccc1. The van der Waals surface area contributed by atoms with Gasteiger partial charge in [0.25, 0.3) is 0 Å². The summed E-state index contributed by atoms with van der Waals surface area (Å²) in [6.07, 6.45) is -0.400. The van der Waals surface area contributed by atoms with Crippen molar-refractivity contribution in [3.8, 4) is 0 Å². The molecule has 0 unspecified atom stereocenters. The Morgan fingerprint density at radius 3 is 2.00 bits per heavy atom. The largest absolute Gasteiger partial charge is 0.445 e. The van der Waals surface area contributed by atoms with E-state index in [2.05, 4.69) is 10.6 Å². The molecule has 0 aliphatic carbocycles. The standard InChI is InChI=1S/C21H24N2O4/c1-15(16(2)24)22-20(25)19(13-17-9-5-3-6-10-17)23-21(26)27-14-18-11-7-4-8-12-18/h3-12,15,19H,13-14H2,1-2H3,(H,22,25)(H,23,26)/t15-,19-/m0/s1. The Hall–Kier alpha value is -3.15. The van der Waals surface area contributed by atoms with E-state index in [-0.39, 0.29) is 18.8 Å². The molecule has 142 valence electrons. The second kappa shape index (κ2) is 10.1. The number of carbonyl (C=O) groups is 3. The Morgan fingerprint density at radius 2 is 1.44 bits per heavy atom. The fourth-order valence-corrected chi connectivity index (χ4v) is 2.38. The third-order valence-corrected chi connectivity index (χ3v) is 4.07. The van der Waals surface area contributed by atoms with Crippen LogP contribution in [0.2, 0.25) is 0 Å². The molecule has 0 saturated carbocycles. The normalized spacial score (nSPS) is 12.5. The number of nitrogens with one attached hydrogen (secondary N) is 2. The molecule has 0 fully saturated rings. The van der Waals surface area contributed by atoms with Crippen molar-refractivity contribution >= 4 is 17.8 Å². The zero-order valence-corrected chi connectivity index (χ0v) is 15.5. The molecule has 2 aromatic carbocycles. The van der Waals surface area contributed by atoms with Gasteiger partial charge in [-0.05, 0) is 25.0 Å². The van der Waals surface area contributed by atoms with E-state index in [9.17, 15) is 14.4 Å². The number of benzene rings is 2. The van der Waals surface area contributed by atoms with Crippen molar-refractivity contribution in [2.24, 2.45) is 0 Å². The highest BCUT2D eigenvalue weighted by atomic mass is 16.5. The zero-order chi connectivity index (χ0) is 19.6. The number of rotatable bonds is 8. The molecule has 2 atom stereocenters. The Labute approximate surface area is 158 Å². The molecule has 6 nitrogen and oxygen atoms in total. The summed E-state index contributed by atoms with van der Waals surface area (Å²) in [5, 5.41) is 5.22. The van der Waals surface area contributed by atoms with Crippen molar-refractivity contribution in [3.05, 3.63) is 71.8 Å². The zero-order valence-electron chi connectivity index (χ0n) is 15.5. The second-order valence-electron chi connectivity index (χ2n) is 6.29. The van der Waals surface area contributed by atoms with E-state index in [0.717, 1.165) is 11.1 Å². The number of ketones is 1. The van der Waals surface area contributed by atoms with Crippen LogP contribution >= 0.6 is 0 Å². The first-order chi connectivity index (χ1) is 13.0. The molecule has 2 N–H and O–H groups in total. The third kappa shape index (κ3) is 6.93. The topological polar surface area (TPSA) is 84.5 Å². The van der Waals surface area contributed by atoms with Crippen molar-refractivity contribution in [2.75, 3.05) is 0 Å². The van der Waals surface area contributed by atoms with E-state index in [1.807, 2.05) is 60.7 Å². The number of ether oxygens (including phenoxy) is 1. The molecule has 0 aromatic heterocycles. The summed E-state index contributed by atoms with van der Waals surface area (Å²) >= 11 is 0. The highest BCUT2D eigenvalue weighted by molar-refractivity contribution is 5.91. The highest BCUT2D eigenvalue weighted by Gasteiger charge is 2.24. The highest BCUT2D eigenvalue weighted by Crippen LogP contribution is 2.06. The number of alkyl carbamates (subject to hydrolysis) is 1. The van der Waals surface area contributed by atoms with Crippen molar-refractivity contribution in [3.63, 3.8) is 0 Å². The van der Waals surface area contributed by atoms with Crippen LogP contribution in [0.25, 0.3) is 0 Å². The first-order valence-corrected chi connectivity index (χ1v) is 8.77. The van der Waals surface area contributed by atoms with Gasteiger partial charge in [-0.2, -0.15) is 0 Å². The van der Waals surface area contributed by atoms with Crippen molar-refractivity contribution in [1.29, 1.82) is 0 Å². The molecule has 0 bridgehead atoms. The molecule has 0 aliphatic rings. The van der Waals surface area contributed by atoms with Crippen LogP contribution in [0.5, 0.6) is 0 Å². The minimum absolute atomic E-state index is 0.107. The van der Waals surface area contributed by atoms with Crippen LogP contribution in [0.1, 0.15) is 25.0 Å². The van der Waals surface area contributed by atoms with Crippen molar-refractivity contribution in [1.82, 2.24) is 10.6 Å². The Morgan fingerprint density at radius 1 is 0.889 bits per heavy atom. The third-order valence-electron chi connectivity index (χ3n) is 4.07. The molecule has 2 amide bonds. The smallest absolute Gasteiger partial charge is 0.408 e. The number of carbonyl (C=O) groups excluding carboxylic acids is 3. The molecule has 2 aromatic rings. The summed E-state index contributed by atoms with van der Waals surface area (Å²) in [4.78, 5) is 36.1. The first-order valence-electron chi connectivity index (χ1n) is 8.77. The van der Waals surface area contributed by atoms with Gasteiger partial charge in [0.1, 0.15) is 12.6 Å². The summed E-state index contributed by atoms with van der Waals surface area (Å²) in [6, 6.07) is 17.1. The average molecular weight is 368 g/mol. The van der Waals surface area contributed by atoms with Crippen LogP contribution in [0.3, 0.4) is 0 Å². The lowest BCUT2D eigenvalue weighted by molar-refractivity contribution is -0.127. The molecule has 27 heavy (non-hydrogen) atoms. The number of amides is 2. The molecule has 0 heterocycles. The van der Waals surface area contributed by atoms with E-state index < -0.39 is 24.1 Å². The molecular weight excluding hydrogens is 344 g/mol. The predicted molar refractivity (Wildman–Crippen MR) is 102 cm³/mol. The van der Waals surface area contributed by atoms with Crippen LogP contribution in [0.4, 0.5) is 4.79 Å². The molecule has 0 spiro atoms. The van der Waals surface area contributed by atoms with Gasteiger partial charge in [0.15, 0.2) is 5.78 Å². The minimum Gasteiger partial charge on any atom is -0.445 e. The van der Waals surface area contributed by atoms with Gasteiger partial charge in [-0.15, -0.1) is 0 Å². The maximum absolute atomic E-state index is 12.5. The van der Waals surface area contributed by atoms with Gasteiger partial charge < -0.3 is 15.4 Å². The van der Waals surface area contributed by atoms with E-state index in [1.165, 1.54) is 6.92 Å². The van der Waals surface area contributed by atoms with Crippen molar-refractivity contribution in [2.45, 2.75) is 39.0 Å². The lowest BCUT2D eigenvalue weighted by Gasteiger charge is -2.20. The molecule has 0 saturated heterocycles. The number of Topliss-reactive ketones (excluding diaryl/α,β-unsaturated/α-hetero) is 1. The summed E-state index contributed by atoms with van der Waals surface area (Å²) in [5.74, 6) is -0.591. The number of hydrogen-bond acceptors (Lipinski definition) is 4. The fourth-order valence-electron chi connectivity index (χ4n) is 2.38. The van der Waals surface area contributed by atoms with E-state index >= 15 is 0 Å². The van der Waals surface area contributed by atoms with Gasteiger partial charge in [-0.1, -0.05) is 60.7 Å². The molecule has 0 radical (unpaired) electrons. The quantitative estimate of drug-likeness (QED) is 0.750. The van der Waals surface area contributed by atoms with Gasteiger partial charge in [0, 0.05) is 6.42 Å². The Kier molecular flexibility index (Phi) is 7.55. The predicted octanol–water partition coefficient (Wildman–Crippen LogP) is 2.62. The summed E-state index contributed by atoms with van der Waals surface area (Å²) < 4.78 is 5.20. The van der Waals surface area contributed by atoms with Gasteiger partial charge >= 0.3 is 6.09 Å². The second-order valence-corrected chi connectivity index (χ2v) is 6.29. The van der Waals surface area contributed by atoms with Crippen molar-refractivity contribution < 1.29 is 19.1 Å². The van der Waals surface area contributed by atoms with Gasteiger partial charge in [-0.25, -0.2) is 4.79 Å². The lowest BCUT2D eigenvalue weighted by atomic mass is 10.0. The summed E-state index contributed by atoms with van der Waals surface area (Å²) in [6.45, 7) is 3.11. The Bertz CT molecular complexity index is 762. The van der Waals surface area contributed by atoms with Crippen LogP contribution in [0, 0.1) is 0 Å². The average Bonchev–Trinajstić information content (AvgIpc) is 2.67. The first kappa shape index (κ1) is 20.2. The monoisotopic (exact) mass is 368 g/mol. The lowest BCUT2D eigenvalue weighted by Crippen LogP contribution is -2.51. The van der Waals surface area contributed by atoms with Crippen LogP contribution in [0.15, 0.2) is 60.7 Å². The van der Waals surface area contributed by atoms with E-state index in [4.69, 9.17) is 4.74 Å². The maximum atomic E-state index is 12.5. The van der Waals surface area contributed by atoms with Crippen LogP contribution in [-0.4, -0.2) is 29.9 Å². The van der Waals surface area contributed by atoms with E-state index in [1.54, 1.807) is 6.92 Å². The maximum Gasteiger partial charge on any atom is 0.408 e. The number of hydrogen-bond donors (Lipinski definition) is 2. The Balaban J connectivity index is 2.00. The summed E-state index contributed by atoms with van der Waals surface area (Å²) in [5.41, 5.74) is 1.73. The van der Waals surface area contributed by atoms with Gasteiger partial charge in [-0.3, -0.25) is 9.59 Å². The minimum atomic E-state index is -0.850. The summed E-state index contributed by atoms with van der Waals surface area (Å²) in [7, 11) is 0. The molecule has 2 rings (SSSR count). The molecule has 0 aliphatic heterocycles. The van der Waals surface area contributed by atoms with E-state index in [0.29, 0.717) is 0 Å². The van der Waals surface area contributed by atoms with Gasteiger partial charge in [0.05, 0.1) is 6.04 Å². The molecule has 6 heteroatoms. The van der Waals surface area contributed by atoms with Crippen LogP contribution in [-0.2, 0) is 27.4 Å². The van der Waals surface area contributed by atoms with Crippen LogP contribution < -0.4 is 10.6 Å².